The van der Waals surface area contributed by atoms with Crippen LogP contribution in [0.2, 0.25) is 0 Å². The molecule has 1 aromatic rings. The zero-order chi connectivity index (χ0) is 14.7. The Hall–Kier alpha value is -1.69. The van der Waals surface area contributed by atoms with Gasteiger partial charge in [-0.2, -0.15) is 0 Å². The van der Waals surface area contributed by atoms with Crippen molar-refractivity contribution < 1.29 is 4.79 Å². The number of likely N-dealkylation sites (N-methyl/N-ethyl adjacent to an activating group) is 1. The molecule has 2 aliphatic rings. The number of rotatable bonds is 2. The van der Waals surface area contributed by atoms with Crippen molar-refractivity contribution in [3.63, 3.8) is 0 Å². The number of likely N-dealkylation sites (tertiary alicyclic amines) is 1. The fourth-order valence-corrected chi connectivity index (χ4v) is 2.90. The van der Waals surface area contributed by atoms with E-state index in [1.807, 2.05) is 17.0 Å². The highest BCUT2D eigenvalue weighted by Crippen LogP contribution is 2.15. The first-order valence-electron chi connectivity index (χ1n) is 7.80. The molecule has 6 heteroatoms. The summed E-state index contributed by atoms with van der Waals surface area (Å²) < 4.78 is 0. The average Bonchev–Trinajstić information content (AvgIpc) is 2.56. The summed E-state index contributed by atoms with van der Waals surface area (Å²) in [4.78, 5) is 18.8. The van der Waals surface area contributed by atoms with Crippen LogP contribution < -0.4 is 4.90 Å². The Morgan fingerprint density at radius 3 is 2.29 bits per heavy atom. The third kappa shape index (κ3) is 3.32. The van der Waals surface area contributed by atoms with Gasteiger partial charge in [-0.15, -0.1) is 10.2 Å². The Morgan fingerprint density at radius 1 is 0.952 bits per heavy atom. The molecule has 0 aliphatic carbocycles. The fraction of sp³-hybridized carbons (Fsp3) is 0.667. The summed E-state index contributed by atoms with van der Waals surface area (Å²) in [5.74, 6) is 0.894. The first-order valence-corrected chi connectivity index (χ1v) is 7.80. The lowest BCUT2D eigenvalue weighted by atomic mass is 10.1. The number of carbonyl (C=O) groups is 1. The van der Waals surface area contributed by atoms with E-state index in [-0.39, 0.29) is 5.91 Å². The number of amides is 1. The molecule has 0 spiro atoms. The number of carbonyl (C=O) groups excluding carboxylic acids is 1. The second-order valence-electron chi connectivity index (χ2n) is 5.92. The summed E-state index contributed by atoms with van der Waals surface area (Å²) in [5.41, 5.74) is 0.467. The maximum Gasteiger partial charge on any atom is 0.274 e. The van der Waals surface area contributed by atoms with Crippen molar-refractivity contribution in [3.05, 3.63) is 17.8 Å². The van der Waals surface area contributed by atoms with Crippen LogP contribution in [0.15, 0.2) is 12.1 Å². The molecule has 0 N–H and O–H groups in total. The van der Waals surface area contributed by atoms with Crippen LogP contribution in [0.3, 0.4) is 0 Å². The summed E-state index contributed by atoms with van der Waals surface area (Å²) in [6, 6.07) is 3.74. The van der Waals surface area contributed by atoms with Crippen molar-refractivity contribution in [2.75, 3.05) is 51.2 Å². The summed E-state index contributed by atoms with van der Waals surface area (Å²) in [6.07, 6.45) is 3.41. The summed E-state index contributed by atoms with van der Waals surface area (Å²) in [7, 11) is 2.13. The molecule has 0 atom stereocenters. The molecule has 0 saturated carbocycles. The van der Waals surface area contributed by atoms with E-state index in [1.165, 1.54) is 6.42 Å². The van der Waals surface area contributed by atoms with Crippen molar-refractivity contribution in [1.29, 1.82) is 0 Å². The van der Waals surface area contributed by atoms with Crippen molar-refractivity contribution in [2.24, 2.45) is 0 Å². The Labute approximate surface area is 125 Å². The van der Waals surface area contributed by atoms with Crippen molar-refractivity contribution in [3.8, 4) is 0 Å². The molecule has 3 rings (SSSR count). The minimum atomic E-state index is 0.0205. The van der Waals surface area contributed by atoms with Gasteiger partial charge in [-0.3, -0.25) is 4.79 Å². The number of piperazine rings is 1. The molecule has 6 nitrogen and oxygen atoms in total. The molecular formula is C15H23N5O. The Bertz CT molecular complexity index is 475. The first kappa shape index (κ1) is 14.3. The van der Waals surface area contributed by atoms with E-state index in [1.54, 1.807) is 0 Å². The van der Waals surface area contributed by atoms with Crippen LogP contribution >= 0.6 is 0 Å². The van der Waals surface area contributed by atoms with Gasteiger partial charge >= 0.3 is 0 Å². The van der Waals surface area contributed by atoms with Crippen LogP contribution in [0.5, 0.6) is 0 Å². The standard InChI is InChI=1S/C15H23N5O/c1-18-9-11-19(12-10-18)14-6-5-13(16-17-14)15(21)20-7-3-2-4-8-20/h5-6H,2-4,7-12H2,1H3. The minimum Gasteiger partial charge on any atom is -0.353 e. The van der Waals surface area contributed by atoms with E-state index in [2.05, 4.69) is 27.0 Å². The van der Waals surface area contributed by atoms with Gasteiger partial charge in [0.05, 0.1) is 0 Å². The van der Waals surface area contributed by atoms with Gasteiger partial charge in [0.1, 0.15) is 0 Å². The van der Waals surface area contributed by atoms with Crippen LogP contribution in [0.4, 0.5) is 5.82 Å². The Morgan fingerprint density at radius 2 is 1.67 bits per heavy atom. The predicted octanol–water partition coefficient (Wildman–Crippen LogP) is 0.854. The van der Waals surface area contributed by atoms with Gasteiger partial charge in [0.25, 0.3) is 5.91 Å². The van der Waals surface area contributed by atoms with Crippen LogP contribution in [-0.4, -0.2) is 72.2 Å². The van der Waals surface area contributed by atoms with E-state index >= 15 is 0 Å². The van der Waals surface area contributed by atoms with Crippen LogP contribution in [-0.2, 0) is 0 Å². The second-order valence-corrected chi connectivity index (χ2v) is 5.92. The first-order chi connectivity index (χ1) is 10.2. The molecule has 0 bridgehead atoms. The summed E-state index contributed by atoms with van der Waals surface area (Å²) in [6.45, 7) is 5.70. The lowest BCUT2D eigenvalue weighted by Crippen LogP contribution is -2.45. The Balaban J connectivity index is 1.64. The highest BCUT2D eigenvalue weighted by molar-refractivity contribution is 5.92. The number of nitrogens with zero attached hydrogens (tertiary/aromatic N) is 5. The van der Waals surface area contributed by atoms with Gasteiger partial charge in [0.2, 0.25) is 0 Å². The average molecular weight is 289 g/mol. The SMILES string of the molecule is CN1CCN(c2ccc(C(=O)N3CCCCC3)nn2)CC1. The lowest BCUT2D eigenvalue weighted by Gasteiger charge is -2.32. The monoisotopic (exact) mass is 289 g/mol. The van der Waals surface area contributed by atoms with E-state index < -0.39 is 0 Å². The number of aromatic nitrogens is 2. The lowest BCUT2D eigenvalue weighted by molar-refractivity contribution is 0.0717. The smallest absolute Gasteiger partial charge is 0.274 e. The van der Waals surface area contributed by atoms with Crippen LogP contribution in [0.1, 0.15) is 29.8 Å². The largest absolute Gasteiger partial charge is 0.353 e. The predicted molar refractivity (Wildman–Crippen MR) is 81.5 cm³/mol. The second kappa shape index (κ2) is 6.39. The molecule has 114 valence electrons. The highest BCUT2D eigenvalue weighted by Gasteiger charge is 2.21. The summed E-state index contributed by atoms with van der Waals surface area (Å²) >= 11 is 0. The van der Waals surface area contributed by atoms with E-state index in [0.29, 0.717) is 5.69 Å². The summed E-state index contributed by atoms with van der Waals surface area (Å²) in [5, 5.41) is 8.40. The molecule has 21 heavy (non-hydrogen) atoms. The maximum atomic E-state index is 12.3. The van der Waals surface area contributed by atoms with Crippen molar-refractivity contribution >= 4 is 11.7 Å². The zero-order valence-electron chi connectivity index (χ0n) is 12.7. The molecule has 1 amide bonds. The molecule has 2 fully saturated rings. The molecular weight excluding hydrogens is 266 g/mol. The fourth-order valence-electron chi connectivity index (χ4n) is 2.90. The normalized spacial score (nSPS) is 20.6. The molecule has 3 heterocycles. The molecule has 2 saturated heterocycles. The third-order valence-electron chi connectivity index (χ3n) is 4.34. The maximum absolute atomic E-state index is 12.3. The van der Waals surface area contributed by atoms with Gasteiger partial charge in [0.15, 0.2) is 11.5 Å². The van der Waals surface area contributed by atoms with Gasteiger partial charge in [-0.05, 0) is 38.4 Å². The number of anilines is 1. The molecule has 1 aromatic heterocycles. The minimum absolute atomic E-state index is 0.0205. The van der Waals surface area contributed by atoms with E-state index in [9.17, 15) is 4.79 Å². The Kier molecular flexibility index (Phi) is 4.34. The van der Waals surface area contributed by atoms with Gasteiger partial charge in [-0.1, -0.05) is 0 Å². The van der Waals surface area contributed by atoms with Gasteiger partial charge < -0.3 is 14.7 Å². The molecule has 0 aromatic carbocycles. The van der Waals surface area contributed by atoms with E-state index in [0.717, 1.165) is 57.9 Å². The number of hydrogen-bond donors (Lipinski definition) is 0. The molecule has 0 radical (unpaired) electrons. The van der Waals surface area contributed by atoms with Gasteiger partial charge in [0, 0.05) is 39.3 Å². The zero-order valence-corrected chi connectivity index (χ0v) is 12.7. The van der Waals surface area contributed by atoms with Crippen molar-refractivity contribution in [1.82, 2.24) is 20.0 Å². The van der Waals surface area contributed by atoms with Gasteiger partial charge in [-0.25, -0.2) is 0 Å². The van der Waals surface area contributed by atoms with Crippen LogP contribution in [0, 0.1) is 0 Å². The topological polar surface area (TPSA) is 52.6 Å². The van der Waals surface area contributed by atoms with Crippen molar-refractivity contribution in [2.45, 2.75) is 19.3 Å². The van der Waals surface area contributed by atoms with E-state index in [4.69, 9.17) is 0 Å². The number of hydrogen-bond acceptors (Lipinski definition) is 5. The number of piperidine rings is 1. The third-order valence-corrected chi connectivity index (χ3v) is 4.34. The quantitative estimate of drug-likeness (QED) is 0.808. The highest BCUT2D eigenvalue weighted by atomic mass is 16.2. The molecule has 0 unspecified atom stereocenters. The molecule has 2 aliphatic heterocycles. The van der Waals surface area contributed by atoms with Crippen LogP contribution in [0.25, 0.3) is 0 Å².